The molecular weight excluding hydrogens is 543 g/mol. The van der Waals surface area contributed by atoms with E-state index in [2.05, 4.69) is 25.9 Å². The Hall–Kier alpha value is -4.33. The second-order valence-corrected chi connectivity index (χ2v) is 10.8. The molecule has 1 fully saturated rings. The molecule has 1 unspecified atom stereocenters. The number of halogens is 1. The first-order chi connectivity index (χ1) is 19.0. The van der Waals surface area contributed by atoms with Crippen LogP contribution in [-0.2, 0) is 21.7 Å². The van der Waals surface area contributed by atoms with E-state index >= 15 is 0 Å². The van der Waals surface area contributed by atoms with E-state index in [1.165, 1.54) is 29.4 Å². The summed E-state index contributed by atoms with van der Waals surface area (Å²) in [5, 5.41) is 8.30. The Bertz CT molecular complexity index is 1560. The number of fused-ring (bicyclic) bond motifs is 2. The highest BCUT2D eigenvalue weighted by atomic mass is 32.1. The number of imide groups is 1. The van der Waals surface area contributed by atoms with Crippen LogP contribution >= 0.6 is 11.3 Å². The molecule has 0 spiro atoms. The number of carbonyl (C=O) groups excluding carboxylic acids is 4. The van der Waals surface area contributed by atoms with Crippen molar-refractivity contribution in [3.63, 3.8) is 0 Å². The molecule has 12 nitrogen and oxygen atoms in total. The van der Waals surface area contributed by atoms with Gasteiger partial charge in [0.25, 0.3) is 5.91 Å². The lowest BCUT2D eigenvalue weighted by molar-refractivity contribution is -0.136. The zero-order valence-corrected chi connectivity index (χ0v) is 23.0. The first-order valence-electron chi connectivity index (χ1n) is 12.6. The number of thiazole rings is 1. The number of pyridine rings is 1. The van der Waals surface area contributed by atoms with Crippen LogP contribution in [0.1, 0.15) is 54.7 Å². The molecule has 2 aromatic heterocycles. The number of carbonyl (C=O) groups is 4. The lowest BCUT2D eigenvalue weighted by Crippen LogP contribution is -2.52. The van der Waals surface area contributed by atoms with E-state index in [9.17, 15) is 23.6 Å². The van der Waals surface area contributed by atoms with Crippen LogP contribution in [0, 0.1) is 5.82 Å². The van der Waals surface area contributed by atoms with Gasteiger partial charge in [-0.15, -0.1) is 11.3 Å². The second kappa shape index (κ2) is 10.3. The smallest absolute Gasteiger partial charge is 0.321 e. The average molecular weight is 571 g/mol. The highest BCUT2D eigenvalue weighted by Gasteiger charge is 2.40. The van der Waals surface area contributed by atoms with Gasteiger partial charge in [0.15, 0.2) is 11.5 Å². The minimum Gasteiger partial charge on any atom is -0.493 e. The topological polar surface area (TPSA) is 152 Å². The van der Waals surface area contributed by atoms with Crippen molar-refractivity contribution in [1.29, 1.82) is 0 Å². The summed E-state index contributed by atoms with van der Waals surface area (Å²) in [6.45, 7) is 5.57. The predicted molar refractivity (Wildman–Crippen MR) is 143 cm³/mol. The number of benzene rings is 1. The zero-order chi connectivity index (χ0) is 28.8. The summed E-state index contributed by atoms with van der Waals surface area (Å²) in [4.78, 5) is 59.9. The van der Waals surface area contributed by atoms with Crippen molar-refractivity contribution in [1.82, 2.24) is 25.5 Å². The van der Waals surface area contributed by atoms with Crippen LogP contribution in [0.25, 0.3) is 10.2 Å². The molecule has 40 heavy (non-hydrogen) atoms. The van der Waals surface area contributed by atoms with E-state index < -0.39 is 29.3 Å². The minimum atomic E-state index is -0.962. The van der Waals surface area contributed by atoms with Gasteiger partial charge in [-0.25, -0.2) is 14.8 Å². The molecule has 1 aromatic carbocycles. The van der Waals surface area contributed by atoms with Gasteiger partial charge in [0, 0.05) is 12.5 Å². The Labute approximate surface area is 232 Å². The molecule has 5 rings (SSSR count). The molecule has 2 aliphatic heterocycles. The Morgan fingerprint density at radius 2 is 2.05 bits per heavy atom. The summed E-state index contributed by atoms with van der Waals surface area (Å²) in [5.74, 6) is -1.65. The molecule has 3 aromatic rings. The Morgan fingerprint density at radius 3 is 2.75 bits per heavy atom. The summed E-state index contributed by atoms with van der Waals surface area (Å²) in [7, 11) is 1.37. The van der Waals surface area contributed by atoms with Gasteiger partial charge < -0.3 is 19.7 Å². The summed E-state index contributed by atoms with van der Waals surface area (Å²) in [5.41, 5.74) is 0.118. The molecule has 0 bridgehead atoms. The maximum absolute atomic E-state index is 14.8. The number of piperidine rings is 1. The van der Waals surface area contributed by atoms with Gasteiger partial charge >= 0.3 is 6.03 Å². The van der Waals surface area contributed by atoms with E-state index in [1.54, 1.807) is 32.9 Å². The summed E-state index contributed by atoms with van der Waals surface area (Å²) in [6, 6.07) is 3.25. The van der Waals surface area contributed by atoms with E-state index in [1.807, 2.05) is 0 Å². The fourth-order valence-electron chi connectivity index (χ4n) is 4.67. The largest absolute Gasteiger partial charge is 0.493 e. The monoisotopic (exact) mass is 570 g/mol. The highest BCUT2D eigenvalue weighted by Crippen LogP contribution is 2.40. The van der Waals surface area contributed by atoms with Crippen molar-refractivity contribution < 1.29 is 33.0 Å². The van der Waals surface area contributed by atoms with Crippen LogP contribution in [-0.4, -0.2) is 58.4 Å². The van der Waals surface area contributed by atoms with Gasteiger partial charge in [0.1, 0.15) is 22.4 Å². The van der Waals surface area contributed by atoms with Gasteiger partial charge in [-0.2, -0.15) is 4.39 Å². The van der Waals surface area contributed by atoms with Crippen molar-refractivity contribution in [3.8, 4) is 11.5 Å². The SMILES string of the molecule is CCOc1c(F)c(OC)cc2sc(C(C)(C)NC(=O)Nc3ccc4c(n3)CN(C3CCC(=O)NC3=O)C4=O)nc12. The number of rotatable bonds is 7. The van der Waals surface area contributed by atoms with Gasteiger partial charge in [-0.05, 0) is 39.3 Å². The Balaban J connectivity index is 1.31. The molecule has 2 aliphatic rings. The molecule has 0 aliphatic carbocycles. The van der Waals surface area contributed by atoms with Crippen LogP contribution < -0.4 is 25.4 Å². The number of amides is 5. The third kappa shape index (κ3) is 4.90. The minimum absolute atomic E-state index is 0.0113. The number of nitrogens with zero attached hydrogens (tertiary/aromatic N) is 3. The van der Waals surface area contributed by atoms with Gasteiger partial charge in [-0.1, -0.05) is 0 Å². The molecule has 1 saturated heterocycles. The van der Waals surface area contributed by atoms with E-state index in [0.29, 0.717) is 26.5 Å². The maximum Gasteiger partial charge on any atom is 0.321 e. The quantitative estimate of drug-likeness (QED) is 0.367. The van der Waals surface area contributed by atoms with E-state index in [0.717, 1.165) is 0 Å². The second-order valence-electron chi connectivity index (χ2n) is 9.82. The summed E-state index contributed by atoms with van der Waals surface area (Å²) < 4.78 is 26.1. The van der Waals surface area contributed by atoms with Gasteiger partial charge in [0.05, 0.1) is 41.8 Å². The van der Waals surface area contributed by atoms with Crippen molar-refractivity contribution in [3.05, 3.63) is 40.3 Å². The lowest BCUT2D eigenvalue weighted by atomic mass is 10.0. The van der Waals surface area contributed by atoms with Crippen molar-refractivity contribution >= 4 is 51.1 Å². The first-order valence-corrected chi connectivity index (χ1v) is 13.4. The normalized spacial score (nSPS) is 17.1. The number of nitrogens with one attached hydrogen (secondary N) is 3. The molecule has 14 heteroatoms. The highest BCUT2D eigenvalue weighted by molar-refractivity contribution is 7.18. The molecule has 210 valence electrons. The third-order valence-electron chi connectivity index (χ3n) is 6.63. The summed E-state index contributed by atoms with van der Waals surface area (Å²) in [6.07, 6.45) is 0.390. The van der Waals surface area contributed by atoms with Gasteiger partial charge in [-0.3, -0.25) is 25.0 Å². The number of hydrogen-bond acceptors (Lipinski definition) is 9. The number of hydrogen-bond donors (Lipinski definition) is 3. The lowest BCUT2D eigenvalue weighted by Gasteiger charge is -2.29. The third-order valence-corrected chi connectivity index (χ3v) is 7.96. The van der Waals surface area contributed by atoms with Crippen LogP contribution in [0.2, 0.25) is 0 Å². The predicted octanol–water partition coefficient (Wildman–Crippen LogP) is 3.06. The fraction of sp³-hybridized carbons (Fsp3) is 0.385. The molecule has 5 amide bonds. The number of urea groups is 1. The number of methoxy groups -OCH3 is 1. The molecule has 1 atom stereocenters. The van der Waals surface area contributed by atoms with E-state index in [-0.39, 0.29) is 55.1 Å². The van der Waals surface area contributed by atoms with Crippen LogP contribution in [0.15, 0.2) is 18.2 Å². The standard InChI is InChI=1S/C26H27FN6O6S/c1-5-39-21-19(27)15(38-4)10-16-20(21)31-24(40-16)26(2,3)32-25(37)29-17-8-6-12-13(28-17)11-33(23(12)36)14-7-9-18(34)30-22(14)35/h6,8,10,14H,5,7,9,11H2,1-4H3,(H,30,34,35)(H2,28,29,32,37). The Kier molecular flexibility index (Phi) is 7.04. The van der Waals surface area contributed by atoms with E-state index in [4.69, 9.17) is 9.47 Å². The molecular formula is C26H27FN6O6S. The molecule has 3 N–H and O–H groups in total. The van der Waals surface area contributed by atoms with Crippen LogP contribution in [0.5, 0.6) is 11.5 Å². The fourth-order valence-corrected chi connectivity index (χ4v) is 5.73. The molecule has 4 heterocycles. The molecule has 0 saturated carbocycles. The van der Waals surface area contributed by atoms with Crippen molar-refractivity contribution in [2.75, 3.05) is 19.0 Å². The zero-order valence-electron chi connectivity index (χ0n) is 22.2. The molecule has 0 radical (unpaired) electrons. The van der Waals surface area contributed by atoms with Gasteiger partial charge in [0.2, 0.25) is 17.6 Å². The van der Waals surface area contributed by atoms with Crippen molar-refractivity contribution in [2.24, 2.45) is 0 Å². The number of ether oxygens (including phenoxy) is 2. The maximum atomic E-state index is 14.8. The number of aromatic nitrogens is 2. The first kappa shape index (κ1) is 27.2. The van der Waals surface area contributed by atoms with Crippen LogP contribution in [0.4, 0.5) is 15.0 Å². The average Bonchev–Trinajstić information content (AvgIpc) is 3.47. The van der Waals surface area contributed by atoms with Crippen molar-refractivity contribution in [2.45, 2.75) is 51.7 Å². The summed E-state index contributed by atoms with van der Waals surface area (Å²) >= 11 is 1.27. The van der Waals surface area contributed by atoms with Crippen LogP contribution in [0.3, 0.4) is 0 Å². The Morgan fingerprint density at radius 1 is 1.27 bits per heavy atom. The number of anilines is 1.